The summed E-state index contributed by atoms with van der Waals surface area (Å²) in [6.45, 7) is 6.25. The van der Waals surface area contributed by atoms with Gasteiger partial charge in [-0.15, -0.1) is 0 Å². The molecule has 0 aliphatic carbocycles. The molecule has 0 aromatic heterocycles. The molecule has 5 heteroatoms. The molecule has 0 bridgehead atoms. The molecule has 0 aliphatic heterocycles. The van der Waals surface area contributed by atoms with E-state index in [4.69, 9.17) is 9.30 Å². The largest absolute Gasteiger partial charge is 0.465 e. The van der Waals surface area contributed by atoms with Crippen molar-refractivity contribution in [2.75, 3.05) is 6.61 Å². The van der Waals surface area contributed by atoms with Crippen molar-refractivity contribution >= 4 is 20.9 Å². The highest BCUT2D eigenvalue weighted by atomic mass is 31.0. The number of unbranched alkanes of at least 4 members (excludes halogenated alkanes) is 2. The summed E-state index contributed by atoms with van der Waals surface area (Å²) in [5.41, 5.74) is 3.05. The first kappa shape index (κ1) is 22.7. The Morgan fingerprint density at radius 3 is 2.07 bits per heavy atom. The van der Waals surface area contributed by atoms with Gasteiger partial charge < -0.3 is 4.74 Å². The van der Waals surface area contributed by atoms with E-state index in [0.717, 1.165) is 30.4 Å². The lowest BCUT2D eigenvalue weighted by Crippen LogP contribution is -2.26. The molecule has 2 rings (SSSR count). The third-order valence-corrected chi connectivity index (χ3v) is 4.35. The number of esters is 1. The van der Waals surface area contributed by atoms with Gasteiger partial charge in [0, 0.05) is 5.56 Å². The van der Waals surface area contributed by atoms with Gasteiger partial charge in [-0.2, -0.15) is 0 Å². The first-order valence-corrected chi connectivity index (χ1v) is 9.49. The Bertz CT molecular complexity index is 723. The number of ketones is 1. The minimum atomic E-state index is -0.914. The first-order valence-electron chi connectivity index (χ1n) is 9.08. The van der Waals surface area contributed by atoms with E-state index in [1.165, 1.54) is 0 Å². The maximum absolute atomic E-state index is 13.2. The van der Waals surface area contributed by atoms with Crippen LogP contribution in [-0.4, -0.2) is 18.4 Å². The number of aryl methyl sites for hydroxylation is 2. The number of carbonyl (C=O) groups is 2. The van der Waals surface area contributed by atoms with Crippen molar-refractivity contribution in [3.63, 3.8) is 0 Å². The van der Waals surface area contributed by atoms with E-state index in [0.29, 0.717) is 17.7 Å². The van der Waals surface area contributed by atoms with Crippen LogP contribution in [0.2, 0.25) is 0 Å². The number of benzene rings is 2. The maximum Gasteiger partial charge on any atom is 0.321 e. The highest BCUT2D eigenvalue weighted by molar-refractivity contribution is 7.00. The van der Waals surface area contributed by atoms with Crippen LogP contribution in [0.4, 0.5) is 0 Å². The van der Waals surface area contributed by atoms with Crippen LogP contribution in [0, 0.1) is 13.8 Å². The lowest BCUT2D eigenvalue weighted by molar-refractivity contribution is -0.144. The van der Waals surface area contributed by atoms with Crippen molar-refractivity contribution in [3.8, 4) is 0 Å². The van der Waals surface area contributed by atoms with Crippen molar-refractivity contribution in [1.29, 1.82) is 0 Å². The first-order chi connectivity index (χ1) is 13.1. The van der Waals surface area contributed by atoms with Gasteiger partial charge in [0.15, 0.2) is 5.78 Å². The summed E-state index contributed by atoms with van der Waals surface area (Å²) in [5.74, 6) is -1.57. The van der Waals surface area contributed by atoms with E-state index in [-0.39, 0.29) is 5.78 Å². The van der Waals surface area contributed by atoms with Crippen LogP contribution in [0.1, 0.15) is 59.2 Å². The van der Waals surface area contributed by atoms with Crippen molar-refractivity contribution in [2.45, 2.75) is 46.0 Å². The third-order valence-electron chi connectivity index (χ3n) is 4.35. The second-order valence-electron chi connectivity index (χ2n) is 6.35. The lowest BCUT2D eigenvalue weighted by atomic mass is 9.87. The van der Waals surface area contributed by atoms with E-state index in [2.05, 4.69) is 6.92 Å². The Hall–Kier alpha value is -2.32. The van der Waals surface area contributed by atoms with Crippen molar-refractivity contribution in [1.82, 2.24) is 0 Å². The Kier molecular flexibility index (Phi) is 10.2. The van der Waals surface area contributed by atoms with Gasteiger partial charge in [0.2, 0.25) is 0 Å². The molecular weight excluding hydrogens is 359 g/mol. The number of hydrogen-bond acceptors (Lipinski definition) is 4. The second kappa shape index (κ2) is 12.1. The molecule has 4 nitrogen and oxygen atoms in total. The minimum Gasteiger partial charge on any atom is -0.465 e. The summed E-state index contributed by atoms with van der Waals surface area (Å²) in [6.07, 6.45) is 2.89. The van der Waals surface area contributed by atoms with Gasteiger partial charge >= 0.3 is 5.97 Å². The summed E-state index contributed by atoms with van der Waals surface area (Å²) in [4.78, 5) is 25.9. The zero-order valence-electron chi connectivity index (χ0n) is 16.2. The molecule has 27 heavy (non-hydrogen) atoms. The fraction of sp³-hybridized carbons (Fsp3) is 0.364. The van der Waals surface area contributed by atoms with E-state index >= 15 is 0 Å². The molecule has 2 aromatic rings. The average molecular weight is 386 g/mol. The van der Waals surface area contributed by atoms with Crippen molar-refractivity contribution in [2.24, 2.45) is 0 Å². The van der Waals surface area contributed by atoms with Crippen LogP contribution in [-0.2, 0) is 14.1 Å². The van der Waals surface area contributed by atoms with E-state index < -0.39 is 11.9 Å². The fourth-order valence-corrected chi connectivity index (χ4v) is 3.00. The van der Waals surface area contributed by atoms with Gasteiger partial charge in [0.25, 0.3) is 0 Å². The molecule has 0 N–H and O–H groups in total. The van der Waals surface area contributed by atoms with Gasteiger partial charge in [-0.1, -0.05) is 68.3 Å². The Morgan fingerprint density at radius 1 is 0.926 bits per heavy atom. The number of carbonyl (C=O) groups excluding carboxylic acids is 2. The lowest BCUT2D eigenvalue weighted by Gasteiger charge is -2.18. The summed E-state index contributed by atoms with van der Waals surface area (Å²) >= 11 is 0. The maximum atomic E-state index is 13.2. The van der Waals surface area contributed by atoms with Gasteiger partial charge in [-0.25, -0.2) is 0 Å². The molecule has 0 heterocycles. The molecule has 0 aliphatic rings. The fourth-order valence-electron chi connectivity index (χ4n) is 3.00. The predicted octanol–water partition coefficient (Wildman–Crippen LogP) is 5.48. The highest BCUT2D eigenvalue weighted by Crippen LogP contribution is 2.26. The monoisotopic (exact) mass is 386 g/mol. The molecule has 1 atom stereocenters. The predicted molar refractivity (Wildman–Crippen MR) is 109 cm³/mol. The Balaban J connectivity index is 0.00000176. The van der Waals surface area contributed by atoms with Crippen molar-refractivity contribution in [3.05, 3.63) is 70.8 Å². The van der Waals surface area contributed by atoms with Crippen LogP contribution in [0.3, 0.4) is 0 Å². The Labute approximate surface area is 163 Å². The third kappa shape index (κ3) is 6.41. The number of Topliss-reactive ketones (excluding diaryl/α,β-unsaturated/α-hetero) is 1. The summed E-state index contributed by atoms with van der Waals surface area (Å²) in [5, 5.41) is 0. The van der Waals surface area contributed by atoms with Gasteiger partial charge in [0.1, 0.15) is 15.0 Å². The number of hydrogen-bond donors (Lipinski definition) is 0. The summed E-state index contributed by atoms with van der Waals surface area (Å²) in [7, 11) is 1.72. The zero-order chi connectivity index (χ0) is 20.2. The molecule has 144 valence electrons. The quantitative estimate of drug-likeness (QED) is 0.198. The molecule has 0 fully saturated rings. The molecule has 1 unspecified atom stereocenters. The number of ether oxygens (including phenoxy) is 1. The van der Waals surface area contributed by atoms with E-state index in [1.54, 1.807) is 9.12 Å². The Morgan fingerprint density at radius 2 is 1.52 bits per heavy atom. The molecule has 0 amide bonds. The number of rotatable bonds is 8. The molecule has 2 aromatic carbocycles. The molecule has 0 saturated heterocycles. The molecule has 0 saturated carbocycles. The molecule has 0 radical (unpaired) electrons. The topological polar surface area (TPSA) is 60.4 Å². The second-order valence-corrected chi connectivity index (χ2v) is 6.35. The minimum absolute atomic E-state index is 0.192. The average Bonchev–Trinajstić information content (AvgIpc) is 2.68. The summed E-state index contributed by atoms with van der Waals surface area (Å²) in [6, 6.07) is 14.9. The van der Waals surface area contributed by atoms with Crippen molar-refractivity contribution < 1.29 is 18.9 Å². The van der Waals surface area contributed by atoms with Crippen LogP contribution in [0.25, 0.3) is 0 Å². The standard InChI is InChI=1S/C22H26O3.HOP/c1-4-5-9-15-25-22(24)20(18-13-7-6-8-14-18)21(23)19-16(2)11-10-12-17(19)3;1-2/h6-8,10-14,20H,4-5,9,15H2,1-3H3;2H. The van der Waals surface area contributed by atoms with Gasteiger partial charge in [-0.3, -0.25) is 14.2 Å². The van der Waals surface area contributed by atoms with E-state index in [9.17, 15) is 9.59 Å². The zero-order valence-corrected chi connectivity index (χ0v) is 17.2. The normalized spacial score (nSPS) is 11.1. The van der Waals surface area contributed by atoms with Crippen LogP contribution < -0.4 is 0 Å². The van der Waals surface area contributed by atoms with Gasteiger partial charge in [-0.05, 0) is 37.0 Å². The summed E-state index contributed by atoms with van der Waals surface area (Å²) < 4.78 is 13.5. The molecule has 0 spiro atoms. The van der Waals surface area contributed by atoms with Gasteiger partial charge in [0.05, 0.1) is 6.61 Å². The SMILES string of the molecule is CCCCCOC(=O)C(C(=O)c1c(C)cccc1C)c1ccccc1.O=P. The smallest absolute Gasteiger partial charge is 0.321 e. The van der Waals surface area contributed by atoms with Crippen LogP contribution in [0.15, 0.2) is 48.5 Å². The van der Waals surface area contributed by atoms with Crippen LogP contribution >= 0.6 is 9.12 Å². The molecular formula is C22H27O4P. The van der Waals surface area contributed by atoms with Crippen LogP contribution in [0.5, 0.6) is 0 Å². The highest BCUT2D eigenvalue weighted by Gasteiger charge is 2.32. The van der Waals surface area contributed by atoms with E-state index in [1.807, 2.05) is 62.4 Å².